The summed E-state index contributed by atoms with van der Waals surface area (Å²) >= 11 is 0. The van der Waals surface area contributed by atoms with Gasteiger partial charge in [0.2, 0.25) is 0 Å². The number of hydrogen-bond donors (Lipinski definition) is 0. The van der Waals surface area contributed by atoms with Crippen LogP contribution in [0.25, 0.3) is 0 Å². The van der Waals surface area contributed by atoms with E-state index in [2.05, 4.69) is 142 Å². The molecule has 4 aromatic rings. The van der Waals surface area contributed by atoms with Gasteiger partial charge in [-0.15, -0.1) is 0 Å². The first-order chi connectivity index (χ1) is 16.2. The van der Waals surface area contributed by atoms with Crippen LogP contribution < -0.4 is 21.2 Å². The van der Waals surface area contributed by atoms with Gasteiger partial charge in [0.15, 0.2) is 0 Å². The van der Waals surface area contributed by atoms with Gasteiger partial charge in [0.25, 0.3) is 0 Å². The summed E-state index contributed by atoms with van der Waals surface area (Å²) in [5.74, 6) is 0.628. The topological polar surface area (TPSA) is 0 Å². The molecule has 0 radical (unpaired) electrons. The average molecular weight is 469 g/mol. The normalized spacial score (nSPS) is 14.2. The third-order valence-corrected chi connectivity index (χ3v) is 12.5. The van der Waals surface area contributed by atoms with Crippen molar-refractivity contribution in [1.82, 2.24) is 0 Å². The van der Waals surface area contributed by atoms with Crippen LogP contribution in [0.4, 0.5) is 0 Å². The van der Waals surface area contributed by atoms with Crippen molar-refractivity contribution in [2.45, 2.75) is 38.5 Å². The summed E-state index contributed by atoms with van der Waals surface area (Å²) in [6.45, 7) is 7.42. The Morgan fingerprint density at radius 1 is 0.455 bits per heavy atom. The van der Waals surface area contributed by atoms with Crippen molar-refractivity contribution in [3.63, 3.8) is 0 Å². The van der Waals surface area contributed by atoms with Crippen LogP contribution in [0.1, 0.15) is 27.2 Å². The lowest BCUT2D eigenvalue weighted by molar-refractivity contribution is 0.495. The molecule has 2 heteroatoms. The molecule has 0 aliphatic carbocycles. The number of benzene rings is 4. The van der Waals surface area contributed by atoms with E-state index in [9.17, 15) is 0 Å². The highest BCUT2D eigenvalue weighted by Gasteiger charge is 2.35. The minimum Gasteiger partial charge on any atom is -0.0651 e. The highest BCUT2D eigenvalue weighted by Crippen LogP contribution is 2.51. The summed E-state index contributed by atoms with van der Waals surface area (Å²) in [6.07, 6.45) is 1.19. The molecule has 0 N–H and O–H groups in total. The minimum atomic E-state index is -0.442. The van der Waals surface area contributed by atoms with Gasteiger partial charge in [-0.3, -0.25) is 0 Å². The van der Waals surface area contributed by atoms with E-state index >= 15 is 0 Å². The van der Waals surface area contributed by atoms with Gasteiger partial charge in [-0.2, -0.15) is 0 Å². The van der Waals surface area contributed by atoms with Gasteiger partial charge in [0, 0.05) is 0 Å². The molecule has 4 rings (SSSR count). The predicted molar refractivity (Wildman–Crippen MR) is 151 cm³/mol. The zero-order valence-electron chi connectivity index (χ0n) is 19.9. The van der Waals surface area contributed by atoms with Crippen molar-refractivity contribution in [1.29, 1.82) is 0 Å². The summed E-state index contributed by atoms with van der Waals surface area (Å²) in [4.78, 5) is 0. The maximum absolute atomic E-state index is 2.51. The van der Waals surface area contributed by atoms with Crippen molar-refractivity contribution in [2.24, 2.45) is 5.92 Å². The molecule has 2 unspecified atom stereocenters. The van der Waals surface area contributed by atoms with Crippen LogP contribution in [-0.4, -0.2) is 11.3 Å². The van der Waals surface area contributed by atoms with Crippen molar-refractivity contribution in [3.05, 3.63) is 121 Å². The summed E-state index contributed by atoms with van der Waals surface area (Å²) in [5.41, 5.74) is 1.17. The van der Waals surface area contributed by atoms with Crippen molar-refractivity contribution in [3.8, 4) is 0 Å². The Hall–Kier alpha value is -2.26. The third kappa shape index (κ3) is 5.63. The van der Waals surface area contributed by atoms with E-state index < -0.39 is 15.8 Å². The van der Waals surface area contributed by atoms with Gasteiger partial charge in [-0.25, -0.2) is 0 Å². The Bertz CT molecular complexity index is 913. The van der Waals surface area contributed by atoms with E-state index in [4.69, 9.17) is 0 Å². The van der Waals surface area contributed by atoms with Crippen LogP contribution in [0.5, 0.6) is 0 Å². The van der Waals surface area contributed by atoms with Crippen LogP contribution in [0.3, 0.4) is 0 Å². The molecule has 33 heavy (non-hydrogen) atoms. The first-order valence-electron chi connectivity index (χ1n) is 12.0. The van der Waals surface area contributed by atoms with Crippen LogP contribution in [0, 0.1) is 5.92 Å². The van der Waals surface area contributed by atoms with Crippen LogP contribution in [-0.2, 0) is 0 Å². The molecule has 4 aromatic carbocycles. The molecular weight excluding hydrogens is 434 g/mol. The van der Waals surface area contributed by atoms with E-state index in [-0.39, 0.29) is 0 Å². The second-order valence-electron chi connectivity index (χ2n) is 8.64. The van der Waals surface area contributed by atoms with Crippen molar-refractivity contribution in [2.75, 3.05) is 0 Å². The summed E-state index contributed by atoms with van der Waals surface area (Å²) in [5, 5.41) is 5.95. The predicted octanol–water partition coefficient (Wildman–Crippen LogP) is 7.06. The quantitative estimate of drug-likeness (QED) is 0.231. The smallest absolute Gasteiger partial charge is 0.0123 e. The Labute approximate surface area is 202 Å². The lowest BCUT2D eigenvalue weighted by atomic mass is 9.99. The highest BCUT2D eigenvalue weighted by molar-refractivity contribution is 7.74. The molecule has 0 heterocycles. The lowest BCUT2D eigenvalue weighted by Gasteiger charge is -2.39. The molecule has 0 saturated carbocycles. The van der Waals surface area contributed by atoms with Gasteiger partial charge in [-0.1, -0.05) is 149 Å². The second kappa shape index (κ2) is 11.7. The van der Waals surface area contributed by atoms with Crippen molar-refractivity contribution < 1.29 is 0 Å². The molecule has 0 nitrogen and oxygen atoms in total. The minimum absolute atomic E-state index is 0.442. The zero-order chi connectivity index (χ0) is 23.0. The highest BCUT2D eigenvalue weighted by atomic mass is 31.1. The molecule has 0 bridgehead atoms. The molecule has 0 amide bonds. The van der Waals surface area contributed by atoms with E-state index in [1.807, 2.05) is 0 Å². The summed E-state index contributed by atoms with van der Waals surface area (Å²) < 4.78 is 0. The molecule has 0 aromatic heterocycles. The van der Waals surface area contributed by atoms with E-state index in [1.165, 1.54) is 27.6 Å². The van der Waals surface area contributed by atoms with Gasteiger partial charge in [-0.05, 0) is 54.3 Å². The third-order valence-electron chi connectivity index (χ3n) is 6.66. The number of hydrogen-bond acceptors (Lipinski definition) is 0. The first kappa shape index (κ1) is 23.9. The molecule has 0 spiro atoms. The fourth-order valence-corrected chi connectivity index (χ4v) is 11.4. The molecule has 2 atom stereocenters. The van der Waals surface area contributed by atoms with E-state index in [1.54, 1.807) is 0 Å². The van der Waals surface area contributed by atoms with Gasteiger partial charge in [0.1, 0.15) is 0 Å². The average Bonchev–Trinajstić information content (AvgIpc) is 2.87. The fourth-order valence-electron chi connectivity index (χ4n) is 5.06. The van der Waals surface area contributed by atoms with Gasteiger partial charge < -0.3 is 0 Å². The molecule has 0 aliphatic rings. The molecule has 168 valence electrons. The van der Waals surface area contributed by atoms with E-state index in [0.717, 1.165) is 0 Å². The van der Waals surface area contributed by atoms with Gasteiger partial charge >= 0.3 is 0 Å². The largest absolute Gasteiger partial charge is 0.0651 e. The summed E-state index contributed by atoms with van der Waals surface area (Å²) in [6, 6.07) is 44.8. The Balaban J connectivity index is 1.74. The first-order valence-corrected chi connectivity index (χ1v) is 14.8. The van der Waals surface area contributed by atoms with Crippen LogP contribution >= 0.6 is 15.8 Å². The maximum Gasteiger partial charge on any atom is -0.0123 e. The van der Waals surface area contributed by atoms with E-state index in [0.29, 0.717) is 17.2 Å². The second-order valence-corrected chi connectivity index (χ2v) is 13.8. The van der Waals surface area contributed by atoms with Crippen LogP contribution in [0.2, 0.25) is 0 Å². The van der Waals surface area contributed by atoms with Crippen LogP contribution in [0.15, 0.2) is 121 Å². The Morgan fingerprint density at radius 3 is 0.909 bits per heavy atom. The Kier molecular flexibility index (Phi) is 8.50. The van der Waals surface area contributed by atoms with Gasteiger partial charge in [0.05, 0.1) is 0 Å². The lowest BCUT2D eigenvalue weighted by Crippen LogP contribution is -2.34. The molecule has 0 fully saturated rings. The van der Waals surface area contributed by atoms with Crippen molar-refractivity contribution >= 4 is 37.1 Å². The molecule has 0 aliphatic heterocycles. The SMILES string of the molecule is CCC(C(C)P(c1ccccc1)c1ccccc1)C(C)P(c1ccccc1)c1ccccc1. The molecule has 0 saturated heterocycles. The monoisotopic (exact) mass is 468 g/mol. The zero-order valence-corrected chi connectivity index (χ0v) is 21.7. The standard InChI is InChI=1S/C31H34P2/c1-4-31(25(2)32(27-17-9-5-10-18-27)28-19-11-6-12-20-28)26(3)33(29-21-13-7-14-22-29)30-23-15-8-16-24-30/h5-26,31H,4H2,1-3H3. The Morgan fingerprint density at radius 2 is 0.697 bits per heavy atom. The molecular formula is C31H34P2. The number of rotatable bonds is 9. The summed E-state index contributed by atoms with van der Waals surface area (Å²) in [7, 11) is -0.884. The maximum atomic E-state index is 2.51. The fraction of sp³-hybridized carbons (Fsp3) is 0.226.